The summed E-state index contributed by atoms with van der Waals surface area (Å²) in [7, 11) is 4.74. The number of amides is 1. The Morgan fingerprint density at radius 2 is 1.60 bits per heavy atom. The number of aromatic nitrogens is 2. The molecule has 4 rings (SSSR count). The highest BCUT2D eigenvalue weighted by Crippen LogP contribution is 2.40. The Balaban J connectivity index is 1.37. The van der Waals surface area contributed by atoms with Gasteiger partial charge in [-0.2, -0.15) is 0 Å². The van der Waals surface area contributed by atoms with Gasteiger partial charge < -0.3 is 28.7 Å². The number of benzene rings is 2. The molecule has 0 aliphatic carbocycles. The first-order chi connectivity index (χ1) is 17.1. The van der Waals surface area contributed by atoms with Gasteiger partial charge >= 0.3 is 0 Å². The molecule has 1 fully saturated rings. The van der Waals surface area contributed by atoms with E-state index in [2.05, 4.69) is 9.88 Å². The summed E-state index contributed by atoms with van der Waals surface area (Å²) < 4.78 is 22.0. The fourth-order valence-electron chi connectivity index (χ4n) is 3.97. The summed E-state index contributed by atoms with van der Waals surface area (Å²) in [4.78, 5) is 25.7. The van der Waals surface area contributed by atoms with E-state index in [9.17, 15) is 4.79 Å². The van der Waals surface area contributed by atoms with Crippen LogP contribution < -0.4 is 19.1 Å². The lowest BCUT2D eigenvalue weighted by Gasteiger charge is -2.34. The van der Waals surface area contributed by atoms with E-state index in [0.29, 0.717) is 56.0 Å². The maximum absolute atomic E-state index is 12.6. The molecule has 9 heteroatoms. The van der Waals surface area contributed by atoms with Crippen molar-refractivity contribution in [3.63, 3.8) is 0 Å². The maximum Gasteiger partial charge on any atom is 0.248 e. The van der Waals surface area contributed by atoms with Crippen LogP contribution in [0.2, 0.25) is 0 Å². The minimum Gasteiger partial charge on any atom is -0.493 e. The number of rotatable bonds is 9. The van der Waals surface area contributed by atoms with Crippen LogP contribution in [0.15, 0.2) is 54.7 Å². The number of ether oxygens (including phenoxy) is 4. The molecule has 0 spiro atoms. The highest BCUT2D eigenvalue weighted by Gasteiger charge is 2.23. The van der Waals surface area contributed by atoms with Crippen LogP contribution in [0, 0.1) is 0 Å². The second-order valence-electron chi connectivity index (χ2n) is 8.00. The zero-order valence-electron chi connectivity index (χ0n) is 20.3. The lowest BCUT2D eigenvalue weighted by atomic mass is 10.1. The SMILES string of the molecule is COc1cc(-c2ccnc(N3CCN(C(=O)COCc4ccccc4)CC3)n2)cc(OC)c1OC. The minimum absolute atomic E-state index is 0.00678. The molecule has 0 saturated carbocycles. The van der Waals surface area contributed by atoms with E-state index >= 15 is 0 Å². The lowest BCUT2D eigenvalue weighted by Crippen LogP contribution is -2.50. The average Bonchev–Trinajstić information content (AvgIpc) is 2.92. The molecule has 0 N–H and O–H groups in total. The third-order valence-electron chi connectivity index (χ3n) is 5.86. The normalized spacial score (nSPS) is 13.5. The van der Waals surface area contributed by atoms with Crippen molar-refractivity contribution < 1.29 is 23.7 Å². The van der Waals surface area contributed by atoms with Crippen molar-refractivity contribution in [3.05, 3.63) is 60.3 Å². The van der Waals surface area contributed by atoms with Crippen LogP contribution in [0.25, 0.3) is 11.3 Å². The van der Waals surface area contributed by atoms with Gasteiger partial charge in [-0.3, -0.25) is 4.79 Å². The summed E-state index contributed by atoms with van der Waals surface area (Å²) in [5.74, 6) is 2.25. The topological polar surface area (TPSA) is 86.3 Å². The first kappa shape index (κ1) is 24.3. The van der Waals surface area contributed by atoms with Crippen LogP contribution in [0.3, 0.4) is 0 Å². The number of hydrogen-bond donors (Lipinski definition) is 0. The Hall–Kier alpha value is -3.85. The lowest BCUT2D eigenvalue weighted by molar-refractivity contribution is -0.136. The maximum atomic E-state index is 12.6. The van der Waals surface area contributed by atoms with E-state index in [4.69, 9.17) is 23.9 Å². The Kier molecular flexibility index (Phi) is 7.99. The Morgan fingerprint density at radius 1 is 0.914 bits per heavy atom. The third-order valence-corrected chi connectivity index (χ3v) is 5.86. The largest absolute Gasteiger partial charge is 0.493 e. The summed E-state index contributed by atoms with van der Waals surface area (Å²) in [6, 6.07) is 15.4. The van der Waals surface area contributed by atoms with Crippen molar-refractivity contribution in [1.29, 1.82) is 0 Å². The van der Waals surface area contributed by atoms with Gasteiger partial charge in [0.15, 0.2) is 11.5 Å². The van der Waals surface area contributed by atoms with E-state index in [1.54, 1.807) is 27.5 Å². The molecule has 0 radical (unpaired) electrons. The number of carbonyl (C=O) groups excluding carboxylic acids is 1. The molecular formula is C26H30N4O5. The fraction of sp³-hybridized carbons (Fsp3) is 0.346. The summed E-state index contributed by atoms with van der Waals surface area (Å²) in [6.45, 7) is 2.96. The molecule has 184 valence electrons. The predicted molar refractivity (Wildman–Crippen MR) is 132 cm³/mol. The Morgan fingerprint density at radius 3 is 2.23 bits per heavy atom. The molecule has 3 aromatic rings. The summed E-state index contributed by atoms with van der Waals surface area (Å²) in [6.07, 6.45) is 1.73. The van der Waals surface area contributed by atoms with E-state index in [0.717, 1.165) is 16.8 Å². The molecule has 2 heterocycles. The fourth-order valence-corrected chi connectivity index (χ4v) is 3.97. The van der Waals surface area contributed by atoms with Crippen molar-refractivity contribution in [3.8, 4) is 28.5 Å². The summed E-state index contributed by atoms with van der Waals surface area (Å²) in [5.41, 5.74) is 2.61. The van der Waals surface area contributed by atoms with Crippen LogP contribution in [0.1, 0.15) is 5.56 Å². The number of piperazine rings is 1. The first-order valence-corrected chi connectivity index (χ1v) is 11.4. The third kappa shape index (κ3) is 5.81. The minimum atomic E-state index is -0.00678. The molecule has 1 saturated heterocycles. The van der Waals surface area contributed by atoms with Crippen LogP contribution in [-0.2, 0) is 16.1 Å². The van der Waals surface area contributed by atoms with Gasteiger partial charge in [0.1, 0.15) is 6.61 Å². The van der Waals surface area contributed by atoms with Gasteiger partial charge in [0.25, 0.3) is 0 Å². The predicted octanol–water partition coefficient (Wildman–Crippen LogP) is 3.03. The molecule has 9 nitrogen and oxygen atoms in total. The van der Waals surface area contributed by atoms with Gasteiger partial charge in [0.2, 0.25) is 17.6 Å². The number of nitrogens with zero attached hydrogens (tertiary/aromatic N) is 4. The summed E-state index contributed by atoms with van der Waals surface area (Å²) >= 11 is 0. The molecule has 35 heavy (non-hydrogen) atoms. The summed E-state index contributed by atoms with van der Waals surface area (Å²) in [5, 5.41) is 0. The molecule has 1 amide bonds. The van der Waals surface area contributed by atoms with E-state index in [1.165, 1.54) is 0 Å². The second kappa shape index (κ2) is 11.5. The number of methoxy groups -OCH3 is 3. The highest BCUT2D eigenvalue weighted by atomic mass is 16.5. The number of hydrogen-bond acceptors (Lipinski definition) is 8. The van der Waals surface area contributed by atoms with E-state index in [-0.39, 0.29) is 12.5 Å². The first-order valence-electron chi connectivity index (χ1n) is 11.4. The van der Waals surface area contributed by atoms with Crippen LogP contribution >= 0.6 is 0 Å². The van der Waals surface area contributed by atoms with Gasteiger partial charge in [0.05, 0.1) is 33.6 Å². The zero-order chi connectivity index (χ0) is 24.6. The molecule has 1 aliphatic rings. The monoisotopic (exact) mass is 478 g/mol. The molecule has 2 aromatic carbocycles. The van der Waals surface area contributed by atoms with Crippen molar-refractivity contribution in [1.82, 2.24) is 14.9 Å². The van der Waals surface area contributed by atoms with Crippen molar-refractivity contribution >= 4 is 11.9 Å². The standard InChI is InChI=1S/C26H30N4O5/c1-32-22-15-20(16-23(33-2)25(22)34-3)21-9-10-27-26(28-21)30-13-11-29(12-14-30)24(31)18-35-17-19-7-5-4-6-8-19/h4-10,15-16H,11-14,17-18H2,1-3H3. The Bertz CT molecular complexity index is 1110. The average molecular weight is 479 g/mol. The molecular weight excluding hydrogens is 448 g/mol. The number of carbonyl (C=O) groups is 1. The molecule has 0 bridgehead atoms. The zero-order valence-corrected chi connectivity index (χ0v) is 20.3. The Labute approximate surface area is 205 Å². The molecule has 1 aromatic heterocycles. The quantitative estimate of drug-likeness (QED) is 0.464. The van der Waals surface area contributed by atoms with Crippen LogP contribution in [0.4, 0.5) is 5.95 Å². The van der Waals surface area contributed by atoms with Gasteiger partial charge in [0, 0.05) is 37.9 Å². The smallest absolute Gasteiger partial charge is 0.248 e. The van der Waals surface area contributed by atoms with Crippen molar-refractivity contribution in [2.24, 2.45) is 0 Å². The van der Waals surface area contributed by atoms with Gasteiger partial charge in [-0.15, -0.1) is 0 Å². The number of anilines is 1. The molecule has 0 unspecified atom stereocenters. The van der Waals surface area contributed by atoms with Crippen molar-refractivity contribution in [2.75, 3.05) is 59.0 Å². The molecule has 0 atom stereocenters. The molecule has 1 aliphatic heterocycles. The van der Waals surface area contributed by atoms with Crippen LogP contribution in [-0.4, -0.2) is 74.9 Å². The van der Waals surface area contributed by atoms with Gasteiger partial charge in [-0.25, -0.2) is 9.97 Å². The second-order valence-corrected chi connectivity index (χ2v) is 8.00. The van der Waals surface area contributed by atoms with Crippen LogP contribution in [0.5, 0.6) is 17.2 Å². The van der Waals surface area contributed by atoms with Crippen molar-refractivity contribution in [2.45, 2.75) is 6.61 Å². The van der Waals surface area contributed by atoms with E-state index < -0.39 is 0 Å². The van der Waals surface area contributed by atoms with E-state index in [1.807, 2.05) is 53.4 Å². The van der Waals surface area contributed by atoms with Gasteiger partial charge in [-0.1, -0.05) is 30.3 Å². The highest BCUT2D eigenvalue weighted by molar-refractivity contribution is 5.77. The van der Waals surface area contributed by atoms with Gasteiger partial charge in [-0.05, 0) is 23.8 Å².